The standard InChI is InChI=1S/C20H26N4O2/c1-13-6-18(22-14(2)17(13)7-21)24-10-16-9-23(8-15-4-3-5-15)11-20(16,12-24)19(25)26/h6,15-16H,3-5,8-12H2,1-2H3,(H,25,26)/t16-,20-/m1/s1. The predicted octanol–water partition coefficient (Wildman–Crippen LogP) is 2.19. The highest BCUT2D eigenvalue weighted by molar-refractivity contribution is 5.78. The minimum atomic E-state index is -0.693. The van der Waals surface area contributed by atoms with E-state index in [1.807, 2.05) is 19.9 Å². The fraction of sp³-hybridized carbons (Fsp3) is 0.650. The first-order chi connectivity index (χ1) is 12.4. The first kappa shape index (κ1) is 17.3. The van der Waals surface area contributed by atoms with Crippen LogP contribution in [0.5, 0.6) is 0 Å². The topological polar surface area (TPSA) is 80.5 Å². The van der Waals surface area contributed by atoms with Gasteiger partial charge in [-0.2, -0.15) is 5.26 Å². The number of aryl methyl sites for hydroxylation is 2. The molecule has 2 aliphatic heterocycles. The highest BCUT2D eigenvalue weighted by Gasteiger charge is 2.58. The van der Waals surface area contributed by atoms with Crippen LogP contribution < -0.4 is 4.90 Å². The molecule has 0 spiro atoms. The molecule has 4 rings (SSSR count). The molecule has 3 fully saturated rings. The van der Waals surface area contributed by atoms with Crippen LogP contribution in [-0.2, 0) is 4.79 Å². The van der Waals surface area contributed by atoms with E-state index in [4.69, 9.17) is 0 Å². The van der Waals surface area contributed by atoms with Crippen molar-refractivity contribution in [2.75, 3.05) is 37.6 Å². The third-order valence-corrected chi connectivity index (χ3v) is 6.67. The van der Waals surface area contributed by atoms with E-state index in [1.54, 1.807) is 0 Å². The molecule has 1 aliphatic carbocycles. The molecule has 0 unspecified atom stereocenters. The Morgan fingerprint density at radius 3 is 2.69 bits per heavy atom. The summed E-state index contributed by atoms with van der Waals surface area (Å²) in [6, 6.07) is 4.12. The van der Waals surface area contributed by atoms with E-state index in [9.17, 15) is 15.2 Å². The van der Waals surface area contributed by atoms with Crippen molar-refractivity contribution in [2.45, 2.75) is 33.1 Å². The molecule has 1 saturated carbocycles. The zero-order valence-corrected chi connectivity index (χ0v) is 15.5. The lowest BCUT2D eigenvalue weighted by atomic mass is 9.81. The second kappa shape index (κ2) is 6.24. The number of rotatable bonds is 4. The third kappa shape index (κ3) is 2.66. The molecular weight excluding hydrogens is 328 g/mol. The van der Waals surface area contributed by atoms with Crippen LogP contribution >= 0.6 is 0 Å². The van der Waals surface area contributed by atoms with E-state index in [0.717, 1.165) is 42.6 Å². The normalized spacial score (nSPS) is 28.7. The minimum Gasteiger partial charge on any atom is -0.481 e. The van der Waals surface area contributed by atoms with Crippen molar-refractivity contribution >= 4 is 11.8 Å². The van der Waals surface area contributed by atoms with Crippen LogP contribution in [0.15, 0.2) is 6.07 Å². The van der Waals surface area contributed by atoms with Crippen molar-refractivity contribution in [3.63, 3.8) is 0 Å². The van der Waals surface area contributed by atoms with Crippen LogP contribution in [-0.4, -0.2) is 53.7 Å². The van der Waals surface area contributed by atoms with Gasteiger partial charge in [-0.15, -0.1) is 0 Å². The number of carboxylic acid groups (broad SMARTS) is 1. The molecule has 0 radical (unpaired) electrons. The Labute approximate surface area is 154 Å². The van der Waals surface area contributed by atoms with Gasteiger partial charge in [-0.05, 0) is 44.2 Å². The number of nitrogens with zero attached hydrogens (tertiary/aromatic N) is 4. The molecule has 1 N–H and O–H groups in total. The van der Waals surface area contributed by atoms with Gasteiger partial charge in [0.25, 0.3) is 0 Å². The van der Waals surface area contributed by atoms with Gasteiger partial charge in [-0.25, -0.2) is 4.98 Å². The quantitative estimate of drug-likeness (QED) is 0.893. The number of pyridine rings is 1. The lowest BCUT2D eigenvalue weighted by molar-refractivity contribution is -0.148. The van der Waals surface area contributed by atoms with Crippen molar-refractivity contribution in [3.8, 4) is 6.07 Å². The molecular formula is C20H26N4O2. The van der Waals surface area contributed by atoms with Gasteiger partial charge < -0.3 is 14.9 Å². The number of hydrogen-bond acceptors (Lipinski definition) is 5. The van der Waals surface area contributed by atoms with Crippen LogP contribution in [0.25, 0.3) is 0 Å². The summed E-state index contributed by atoms with van der Waals surface area (Å²) in [7, 11) is 0. The van der Waals surface area contributed by atoms with Crippen LogP contribution in [0, 0.1) is 42.4 Å². The van der Waals surface area contributed by atoms with Gasteiger partial charge in [0.05, 0.1) is 11.3 Å². The van der Waals surface area contributed by atoms with Crippen molar-refractivity contribution in [3.05, 3.63) is 22.9 Å². The van der Waals surface area contributed by atoms with Gasteiger partial charge in [0.2, 0.25) is 0 Å². The van der Waals surface area contributed by atoms with E-state index < -0.39 is 11.4 Å². The summed E-state index contributed by atoms with van der Waals surface area (Å²) in [5.74, 6) is 1.03. The monoisotopic (exact) mass is 354 g/mol. The van der Waals surface area contributed by atoms with Crippen molar-refractivity contribution in [1.29, 1.82) is 5.26 Å². The fourth-order valence-electron chi connectivity index (χ4n) is 4.97. The van der Waals surface area contributed by atoms with Gasteiger partial charge in [0, 0.05) is 38.6 Å². The number of carboxylic acids is 1. The van der Waals surface area contributed by atoms with E-state index in [-0.39, 0.29) is 5.92 Å². The SMILES string of the molecule is Cc1cc(N2C[C@H]3CN(CC4CCC4)C[C@@]3(C(=O)O)C2)nc(C)c1C#N. The molecule has 6 heteroatoms. The van der Waals surface area contributed by atoms with Gasteiger partial charge in [0.15, 0.2) is 0 Å². The third-order valence-electron chi connectivity index (χ3n) is 6.67. The average molecular weight is 354 g/mol. The molecule has 26 heavy (non-hydrogen) atoms. The summed E-state index contributed by atoms with van der Waals surface area (Å²) < 4.78 is 0. The lowest BCUT2D eigenvalue weighted by Gasteiger charge is -2.32. The zero-order valence-electron chi connectivity index (χ0n) is 15.5. The number of carbonyl (C=O) groups is 1. The molecule has 1 aromatic rings. The largest absolute Gasteiger partial charge is 0.481 e. The van der Waals surface area contributed by atoms with Crippen molar-refractivity contribution in [1.82, 2.24) is 9.88 Å². The van der Waals surface area contributed by atoms with Gasteiger partial charge in [-0.1, -0.05) is 6.42 Å². The van der Waals surface area contributed by atoms with E-state index >= 15 is 0 Å². The van der Waals surface area contributed by atoms with E-state index in [2.05, 4.69) is 20.9 Å². The minimum absolute atomic E-state index is 0.137. The Hall–Kier alpha value is -2.13. The Balaban J connectivity index is 1.55. The van der Waals surface area contributed by atoms with Crippen LogP contribution in [0.1, 0.15) is 36.1 Å². The lowest BCUT2D eigenvalue weighted by Crippen LogP contribution is -2.42. The van der Waals surface area contributed by atoms with E-state index in [0.29, 0.717) is 18.7 Å². The number of aromatic nitrogens is 1. The zero-order chi connectivity index (χ0) is 18.5. The van der Waals surface area contributed by atoms with Crippen LogP contribution in [0.4, 0.5) is 5.82 Å². The maximum absolute atomic E-state index is 12.2. The molecule has 138 valence electrons. The number of hydrogen-bond donors (Lipinski definition) is 1. The number of aliphatic carboxylic acids is 1. The molecule has 6 nitrogen and oxygen atoms in total. The second-order valence-corrected chi connectivity index (χ2v) is 8.40. The Kier molecular flexibility index (Phi) is 4.15. The van der Waals surface area contributed by atoms with Gasteiger partial charge in [-0.3, -0.25) is 4.79 Å². The van der Waals surface area contributed by atoms with Crippen LogP contribution in [0.3, 0.4) is 0 Å². The molecule has 3 aliphatic rings. The maximum atomic E-state index is 12.2. The van der Waals surface area contributed by atoms with Crippen molar-refractivity contribution < 1.29 is 9.90 Å². The van der Waals surface area contributed by atoms with Crippen LogP contribution in [0.2, 0.25) is 0 Å². The van der Waals surface area contributed by atoms with Gasteiger partial charge in [0.1, 0.15) is 17.3 Å². The summed E-state index contributed by atoms with van der Waals surface area (Å²) >= 11 is 0. The molecule has 3 heterocycles. The van der Waals surface area contributed by atoms with E-state index in [1.165, 1.54) is 19.3 Å². The molecule has 0 amide bonds. The van der Waals surface area contributed by atoms with Crippen molar-refractivity contribution in [2.24, 2.45) is 17.3 Å². The summed E-state index contributed by atoms with van der Waals surface area (Å²) in [6.45, 7) is 7.57. The Morgan fingerprint density at radius 2 is 2.15 bits per heavy atom. The fourth-order valence-corrected chi connectivity index (χ4v) is 4.97. The van der Waals surface area contributed by atoms with Gasteiger partial charge >= 0.3 is 5.97 Å². The number of fused-ring (bicyclic) bond motifs is 1. The summed E-state index contributed by atoms with van der Waals surface area (Å²) in [4.78, 5) is 21.3. The highest BCUT2D eigenvalue weighted by Crippen LogP contribution is 2.45. The Bertz CT molecular complexity index is 760. The molecule has 2 saturated heterocycles. The predicted molar refractivity (Wildman–Crippen MR) is 98.0 cm³/mol. The highest BCUT2D eigenvalue weighted by atomic mass is 16.4. The smallest absolute Gasteiger partial charge is 0.313 e. The number of anilines is 1. The number of nitriles is 1. The maximum Gasteiger partial charge on any atom is 0.313 e. The summed E-state index contributed by atoms with van der Waals surface area (Å²) in [5.41, 5.74) is 1.55. The first-order valence-corrected chi connectivity index (χ1v) is 9.52. The molecule has 2 atom stereocenters. The molecule has 0 aromatic carbocycles. The first-order valence-electron chi connectivity index (χ1n) is 9.52. The number of likely N-dealkylation sites (tertiary alicyclic amines) is 1. The Morgan fingerprint density at radius 1 is 1.38 bits per heavy atom. The summed E-state index contributed by atoms with van der Waals surface area (Å²) in [6.07, 6.45) is 3.91. The summed E-state index contributed by atoms with van der Waals surface area (Å²) in [5, 5.41) is 19.3. The molecule has 1 aromatic heterocycles. The molecule has 0 bridgehead atoms. The second-order valence-electron chi connectivity index (χ2n) is 8.40. The average Bonchev–Trinajstić information content (AvgIpc) is 3.05.